The van der Waals surface area contributed by atoms with Gasteiger partial charge in [-0.05, 0) is 49.6 Å². The molecule has 2 aromatic carbocycles. The van der Waals surface area contributed by atoms with Crippen molar-refractivity contribution in [2.24, 2.45) is 0 Å². The Morgan fingerprint density at radius 2 is 1.97 bits per heavy atom. The van der Waals surface area contributed by atoms with Crippen molar-refractivity contribution >= 4 is 27.6 Å². The van der Waals surface area contributed by atoms with E-state index in [2.05, 4.69) is 14.8 Å². The van der Waals surface area contributed by atoms with Crippen LogP contribution in [0, 0.1) is 6.92 Å². The van der Waals surface area contributed by atoms with E-state index in [1.54, 1.807) is 25.1 Å². The van der Waals surface area contributed by atoms with Gasteiger partial charge in [-0.15, -0.1) is 0 Å². The maximum Gasteiger partial charge on any atom is 0.337 e. The predicted molar refractivity (Wildman–Crippen MR) is 111 cm³/mol. The van der Waals surface area contributed by atoms with E-state index >= 15 is 0 Å². The number of esters is 1. The third kappa shape index (κ3) is 4.98. The lowest BCUT2D eigenvalue weighted by molar-refractivity contribution is 0.0600. The molecule has 1 heterocycles. The van der Waals surface area contributed by atoms with Crippen molar-refractivity contribution < 1.29 is 27.5 Å². The Balaban J connectivity index is 1.83. The van der Waals surface area contributed by atoms with Gasteiger partial charge in [-0.2, -0.15) is 0 Å². The molecule has 30 heavy (non-hydrogen) atoms. The summed E-state index contributed by atoms with van der Waals surface area (Å²) in [5.41, 5.74) is 0.910. The van der Waals surface area contributed by atoms with Gasteiger partial charge >= 0.3 is 5.97 Å². The Morgan fingerprint density at radius 1 is 1.20 bits per heavy atom. The van der Waals surface area contributed by atoms with Gasteiger partial charge in [0.2, 0.25) is 0 Å². The number of methoxy groups -OCH3 is 1. The summed E-state index contributed by atoms with van der Waals surface area (Å²) in [5, 5.41) is 2.79. The van der Waals surface area contributed by atoms with Crippen LogP contribution in [0.2, 0.25) is 0 Å². The average Bonchev–Trinajstić information content (AvgIpc) is 3.25. The van der Waals surface area contributed by atoms with Crippen molar-refractivity contribution in [3.05, 3.63) is 59.2 Å². The zero-order valence-corrected chi connectivity index (χ0v) is 17.6. The molecule has 9 heteroatoms. The number of para-hydroxylation sites is 1. The van der Waals surface area contributed by atoms with Gasteiger partial charge in [0.05, 0.1) is 34.9 Å². The first kappa shape index (κ1) is 21.8. The van der Waals surface area contributed by atoms with Crippen LogP contribution in [0.1, 0.15) is 39.1 Å². The van der Waals surface area contributed by atoms with Crippen LogP contribution >= 0.6 is 0 Å². The van der Waals surface area contributed by atoms with Gasteiger partial charge in [0.1, 0.15) is 0 Å². The lowest BCUT2D eigenvalue weighted by Crippen LogP contribution is -2.32. The highest BCUT2D eigenvalue weighted by molar-refractivity contribution is 7.92. The molecule has 0 spiro atoms. The van der Waals surface area contributed by atoms with Crippen molar-refractivity contribution in [3.63, 3.8) is 0 Å². The zero-order chi connectivity index (χ0) is 21.7. The Morgan fingerprint density at radius 3 is 2.67 bits per heavy atom. The molecule has 1 atom stereocenters. The molecule has 1 aliphatic heterocycles. The van der Waals surface area contributed by atoms with Crippen LogP contribution in [0.4, 0.5) is 5.69 Å². The van der Waals surface area contributed by atoms with Gasteiger partial charge in [-0.25, -0.2) is 13.2 Å². The Kier molecular flexibility index (Phi) is 6.73. The molecule has 0 radical (unpaired) electrons. The number of carbonyl (C=O) groups is 2. The summed E-state index contributed by atoms with van der Waals surface area (Å²) < 4.78 is 38.7. The summed E-state index contributed by atoms with van der Waals surface area (Å²) in [6, 6.07) is 10.6. The molecular weight excluding hydrogens is 408 g/mol. The normalized spacial score (nSPS) is 16.1. The number of amides is 1. The van der Waals surface area contributed by atoms with Gasteiger partial charge < -0.3 is 14.8 Å². The number of ether oxygens (including phenoxy) is 2. The van der Waals surface area contributed by atoms with Crippen molar-refractivity contribution in [2.45, 2.75) is 30.8 Å². The minimum Gasteiger partial charge on any atom is -0.465 e. The first-order valence-corrected chi connectivity index (χ1v) is 11.0. The lowest BCUT2D eigenvalue weighted by Gasteiger charge is -2.15. The SMILES string of the molecule is COC(=O)c1ccc(C)c(S(=O)(=O)Nc2ccccc2C(=O)NC[C@H]2CCCO2)c1. The maximum atomic E-state index is 13.0. The third-order valence-corrected chi connectivity index (χ3v) is 6.34. The largest absolute Gasteiger partial charge is 0.465 e. The molecule has 2 N–H and O–H groups in total. The molecule has 0 aromatic heterocycles. The third-order valence-electron chi connectivity index (χ3n) is 4.83. The zero-order valence-electron chi connectivity index (χ0n) is 16.8. The van der Waals surface area contributed by atoms with Crippen LogP contribution in [-0.2, 0) is 19.5 Å². The van der Waals surface area contributed by atoms with Crippen LogP contribution in [0.5, 0.6) is 0 Å². The molecule has 1 fully saturated rings. The van der Waals surface area contributed by atoms with E-state index in [-0.39, 0.29) is 27.8 Å². The smallest absolute Gasteiger partial charge is 0.337 e. The fourth-order valence-electron chi connectivity index (χ4n) is 3.21. The fourth-order valence-corrected chi connectivity index (χ4v) is 4.56. The summed E-state index contributed by atoms with van der Waals surface area (Å²) >= 11 is 0. The summed E-state index contributed by atoms with van der Waals surface area (Å²) in [4.78, 5) is 24.3. The van der Waals surface area contributed by atoms with Gasteiger partial charge in [0.15, 0.2) is 0 Å². The lowest BCUT2D eigenvalue weighted by atomic mass is 10.1. The Hall–Kier alpha value is -2.91. The van der Waals surface area contributed by atoms with E-state index in [4.69, 9.17) is 4.74 Å². The standard InChI is InChI=1S/C21H24N2O6S/c1-14-9-10-15(21(25)28-2)12-19(14)30(26,27)23-18-8-4-3-7-17(18)20(24)22-13-16-6-5-11-29-16/h3-4,7-10,12,16,23H,5-6,11,13H2,1-2H3,(H,22,24)/t16-/m1/s1. The topological polar surface area (TPSA) is 111 Å². The minimum absolute atomic E-state index is 0.0264. The van der Waals surface area contributed by atoms with E-state index in [0.29, 0.717) is 18.7 Å². The highest BCUT2D eigenvalue weighted by atomic mass is 32.2. The van der Waals surface area contributed by atoms with E-state index in [9.17, 15) is 18.0 Å². The van der Waals surface area contributed by atoms with Crippen LogP contribution in [-0.4, -0.2) is 46.7 Å². The molecule has 0 saturated carbocycles. The number of anilines is 1. The van der Waals surface area contributed by atoms with E-state index in [1.165, 1.54) is 31.4 Å². The highest BCUT2D eigenvalue weighted by Crippen LogP contribution is 2.24. The maximum absolute atomic E-state index is 13.0. The molecule has 2 aromatic rings. The first-order valence-electron chi connectivity index (χ1n) is 9.52. The van der Waals surface area contributed by atoms with Crippen molar-refractivity contribution in [1.29, 1.82) is 0 Å². The first-order chi connectivity index (χ1) is 14.3. The number of carbonyl (C=O) groups excluding carboxylic acids is 2. The Bertz CT molecular complexity index is 1050. The molecular formula is C21H24N2O6S. The molecule has 0 aliphatic carbocycles. The van der Waals surface area contributed by atoms with Gasteiger partial charge in [-0.3, -0.25) is 9.52 Å². The monoisotopic (exact) mass is 432 g/mol. The number of hydrogen-bond acceptors (Lipinski definition) is 6. The summed E-state index contributed by atoms with van der Waals surface area (Å²) in [6.07, 6.45) is 1.81. The molecule has 0 bridgehead atoms. The minimum atomic E-state index is -4.06. The average molecular weight is 432 g/mol. The molecule has 160 valence electrons. The van der Waals surface area contributed by atoms with Gasteiger partial charge in [0, 0.05) is 13.2 Å². The molecule has 0 unspecified atom stereocenters. The number of nitrogens with one attached hydrogen (secondary N) is 2. The van der Waals surface area contributed by atoms with Crippen LogP contribution < -0.4 is 10.0 Å². The molecule has 1 saturated heterocycles. The van der Waals surface area contributed by atoms with E-state index < -0.39 is 21.9 Å². The van der Waals surface area contributed by atoms with Crippen molar-refractivity contribution in [1.82, 2.24) is 5.32 Å². The second-order valence-electron chi connectivity index (χ2n) is 6.97. The summed E-state index contributed by atoms with van der Waals surface area (Å²) in [6.45, 7) is 2.66. The highest BCUT2D eigenvalue weighted by Gasteiger charge is 2.23. The summed E-state index contributed by atoms with van der Waals surface area (Å²) in [5.74, 6) is -1.04. The number of hydrogen-bond donors (Lipinski definition) is 2. The molecule has 8 nitrogen and oxygen atoms in total. The molecule has 3 rings (SSSR count). The van der Waals surface area contributed by atoms with E-state index in [1.807, 2.05) is 0 Å². The number of rotatable bonds is 7. The predicted octanol–water partition coefficient (Wildman–Crippen LogP) is 2.49. The number of aryl methyl sites for hydroxylation is 1. The van der Waals surface area contributed by atoms with Crippen LogP contribution in [0.25, 0.3) is 0 Å². The number of benzene rings is 2. The second kappa shape index (κ2) is 9.27. The summed E-state index contributed by atoms with van der Waals surface area (Å²) in [7, 11) is -2.84. The quantitative estimate of drug-likeness (QED) is 0.651. The van der Waals surface area contributed by atoms with Crippen molar-refractivity contribution in [3.8, 4) is 0 Å². The van der Waals surface area contributed by atoms with Gasteiger partial charge in [0.25, 0.3) is 15.9 Å². The number of sulfonamides is 1. The van der Waals surface area contributed by atoms with Gasteiger partial charge in [-0.1, -0.05) is 18.2 Å². The van der Waals surface area contributed by atoms with Crippen molar-refractivity contribution in [2.75, 3.05) is 25.0 Å². The van der Waals surface area contributed by atoms with Crippen LogP contribution in [0.3, 0.4) is 0 Å². The second-order valence-corrected chi connectivity index (χ2v) is 8.62. The Labute approximate surface area is 175 Å². The fraction of sp³-hybridized carbons (Fsp3) is 0.333. The van der Waals surface area contributed by atoms with Crippen LogP contribution in [0.15, 0.2) is 47.4 Å². The van der Waals surface area contributed by atoms with E-state index in [0.717, 1.165) is 12.8 Å². The molecule has 1 amide bonds. The molecule has 1 aliphatic rings.